The number of nitrogens with two attached hydrogens (primary N) is 1. The van der Waals surface area contributed by atoms with Gasteiger partial charge in [0, 0.05) is 35.8 Å². The molecule has 1 aromatic carbocycles. The lowest BCUT2D eigenvalue weighted by Crippen LogP contribution is -2.33. The summed E-state index contributed by atoms with van der Waals surface area (Å²) in [5.74, 6) is -2.63. The number of anilines is 1. The maximum absolute atomic E-state index is 14.3. The van der Waals surface area contributed by atoms with E-state index in [1.54, 1.807) is 30.6 Å². The van der Waals surface area contributed by atoms with Crippen molar-refractivity contribution in [2.75, 3.05) is 17.2 Å². The minimum atomic E-state index is -1.09. The van der Waals surface area contributed by atoms with Crippen LogP contribution in [0.25, 0.3) is 17.0 Å². The van der Waals surface area contributed by atoms with E-state index in [2.05, 4.69) is 23.1 Å². The van der Waals surface area contributed by atoms with Crippen LogP contribution in [-0.4, -0.2) is 28.2 Å². The van der Waals surface area contributed by atoms with Crippen molar-refractivity contribution in [3.8, 4) is 11.3 Å². The van der Waals surface area contributed by atoms with Gasteiger partial charge in [0.15, 0.2) is 11.6 Å². The van der Waals surface area contributed by atoms with Gasteiger partial charge in [0.2, 0.25) is 5.91 Å². The monoisotopic (exact) mass is 438 g/mol. The van der Waals surface area contributed by atoms with Crippen LogP contribution in [0.2, 0.25) is 0 Å². The molecule has 2 aromatic heterocycles. The highest BCUT2D eigenvalue weighted by atomic mass is 32.2. The summed E-state index contributed by atoms with van der Waals surface area (Å²) in [4.78, 5) is 22.7. The maximum atomic E-state index is 14.3. The van der Waals surface area contributed by atoms with Crippen LogP contribution < -0.4 is 10.6 Å². The number of hydrogen-bond acceptors (Lipinski definition) is 5. The van der Waals surface area contributed by atoms with E-state index in [1.807, 2.05) is 6.07 Å². The summed E-state index contributed by atoms with van der Waals surface area (Å²) in [6, 6.07) is 10.9. The van der Waals surface area contributed by atoms with Crippen molar-refractivity contribution < 1.29 is 13.6 Å². The minimum Gasteiger partial charge on any atom is -0.399 e. The van der Waals surface area contributed by atoms with Gasteiger partial charge < -0.3 is 10.6 Å². The van der Waals surface area contributed by atoms with Crippen LogP contribution in [0.5, 0.6) is 0 Å². The summed E-state index contributed by atoms with van der Waals surface area (Å²) >= 11 is 1.14. The molecule has 3 aromatic rings. The molecule has 2 heterocycles. The minimum absolute atomic E-state index is 0.0272. The van der Waals surface area contributed by atoms with Gasteiger partial charge in [-0.2, -0.15) is 0 Å². The maximum Gasteiger partial charge on any atom is 0.237 e. The standard InChI is InChI=1S/C23H20F2N4OS/c1-3-12-29(20-8-4-7-18(24)22(20)25)21(30)14-31-23-17(15(2)26)9-10-19(28-23)16-6-5-11-27-13-16/h3-11,13H,1-2,12,14,26H2. The number of aromatic nitrogens is 2. The predicted octanol–water partition coefficient (Wildman–Crippen LogP) is 4.66. The molecule has 1 amide bonds. The van der Waals surface area contributed by atoms with Crippen LogP contribution >= 0.6 is 11.8 Å². The molecular formula is C23H20F2N4OS. The molecule has 8 heteroatoms. The van der Waals surface area contributed by atoms with Crippen LogP contribution in [-0.2, 0) is 4.79 Å². The molecular weight excluding hydrogens is 418 g/mol. The summed E-state index contributed by atoms with van der Waals surface area (Å²) in [7, 11) is 0. The average Bonchev–Trinajstić information content (AvgIpc) is 2.78. The first-order valence-corrected chi connectivity index (χ1v) is 10.2. The molecule has 0 aliphatic rings. The lowest BCUT2D eigenvalue weighted by Gasteiger charge is -2.22. The van der Waals surface area contributed by atoms with E-state index >= 15 is 0 Å². The molecule has 158 valence electrons. The summed E-state index contributed by atoms with van der Waals surface area (Å²) < 4.78 is 27.9. The van der Waals surface area contributed by atoms with Gasteiger partial charge in [-0.3, -0.25) is 9.78 Å². The van der Waals surface area contributed by atoms with Crippen molar-refractivity contribution in [1.29, 1.82) is 0 Å². The molecule has 0 bridgehead atoms. The third-order valence-electron chi connectivity index (χ3n) is 4.33. The Balaban J connectivity index is 1.87. The second-order valence-corrected chi connectivity index (χ2v) is 7.43. The molecule has 0 saturated heterocycles. The van der Waals surface area contributed by atoms with Crippen LogP contribution in [0.4, 0.5) is 14.5 Å². The molecule has 0 spiro atoms. The van der Waals surface area contributed by atoms with Gasteiger partial charge in [-0.25, -0.2) is 13.8 Å². The van der Waals surface area contributed by atoms with E-state index in [1.165, 1.54) is 18.2 Å². The Morgan fingerprint density at radius 3 is 2.68 bits per heavy atom. The fraction of sp³-hybridized carbons (Fsp3) is 0.0870. The highest BCUT2D eigenvalue weighted by Crippen LogP contribution is 2.29. The first-order chi connectivity index (χ1) is 14.9. The van der Waals surface area contributed by atoms with Gasteiger partial charge in [-0.05, 0) is 36.4 Å². The van der Waals surface area contributed by atoms with E-state index in [9.17, 15) is 13.6 Å². The summed E-state index contributed by atoms with van der Waals surface area (Å²) in [6.45, 7) is 7.39. The highest BCUT2D eigenvalue weighted by Gasteiger charge is 2.21. The van der Waals surface area contributed by atoms with Crippen LogP contribution in [0.3, 0.4) is 0 Å². The van der Waals surface area contributed by atoms with Gasteiger partial charge in [0.25, 0.3) is 0 Å². The predicted molar refractivity (Wildman–Crippen MR) is 120 cm³/mol. The average molecular weight is 439 g/mol. The molecule has 0 fully saturated rings. The first kappa shape index (κ1) is 22.2. The fourth-order valence-corrected chi connectivity index (χ4v) is 3.78. The Kier molecular flexibility index (Phi) is 7.15. The topological polar surface area (TPSA) is 72.1 Å². The van der Waals surface area contributed by atoms with E-state index in [0.29, 0.717) is 22.0 Å². The SMILES string of the molecule is C=CCN(C(=O)CSc1nc(-c2cccnc2)ccc1C(=C)N)c1cccc(F)c1F. The number of nitrogens with zero attached hydrogens (tertiary/aromatic N) is 3. The number of thioether (sulfide) groups is 1. The number of halogens is 2. The zero-order valence-electron chi connectivity index (χ0n) is 16.6. The van der Waals surface area contributed by atoms with Crippen LogP contribution in [0.1, 0.15) is 5.56 Å². The number of benzene rings is 1. The zero-order chi connectivity index (χ0) is 22.4. The number of amides is 1. The lowest BCUT2D eigenvalue weighted by molar-refractivity contribution is -0.116. The number of carbonyl (C=O) groups excluding carboxylic acids is 1. The molecule has 0 atom stereocenters. The largest absolute Gasteiger partial charge is 0.399 e. The normalized spacial score (nSPS) is 10.5. The number of hydrogen-bond donors (Lipinski definition) is 1. The Labute approximate surface area is 183 Å². The first-order valence-electron chi connectivity index (χ1n) is 9.26. The second kappa shape index (κ2) is 9.99. The molecule has 0 saturated carbocycles. The molecule has 0 aliphatic carbocycles. The highest BCUT2D eigenvalue weighted by molar-refractivity contribution is 8.00. The van der Waals surface area contributed by atoms with Crippen LogP contribution in [0, 0.1) is 11.6 Å². The van der Waals surface area contributed by atoms with Crippen molar-refractivity contribution >= 4 is 29.1 Å². The molecule has 31 heavy (non-hydrogen) atoms. The number of pyridine rings is 2. The van der Waals surface area contributed by atoms with E-state index in [4.69, 9.17) is 5.73 Å². The van der Waals surface area contributed by atoms with E-state index in [-0.39, 0.29) is 18.0 Å². The number of rotatable bonds is 8. The molecule has 0 aliphatic heterocycles. The Hall–Kier alpha value is -3.52. The fourth-order valence-electron chi connectivity index (χ4n) is 2.84. The van der Waals surface area contributed by atoms with Crippen molar-refractivity contribution in [2.45, 2.75) is 5.03 Å². The third-order valence-corrected chi connectivity index (χ3v) is 5.31. The zero-order valence-corrected chi connectivity index (χ0v) is 17.4. The molecule has 2 N–H and O–H groups in total. The van der Waals surface area contributed by atoms with Gasteiger partial charge in [0.1, 0.15) is 5.03 Å². The van der Waals surface area contributed by atoms with E-state index in [0.717, 1.165) is 28.3 Å². The lowest BCUT2D eigenvalue weighted by atomic mass is 10.1. The van der Waals surface area contributed by atoms with Gasteiger partial charge in [-0.15, -0.1) is 6.58 Å². The van der Waals surface area contributed by atoms with E-state index < -0.39 is 17.5 Å². The summed E-state index contributed by atoms with van der Waals surface area (Å²) in [5, 5.41) is 0.500. The van der Waals surface area contributed by atoms with Crippen molar-refractivity contribution in [1.82, 2.24) is 9.97 Å². The quantitative estimate of drug-likeness (QED) is 0.409. The molecule has 3 rings (SSSR count). The van der Waals surface area contributed by atoms with Crippen molar-refractivity contribution in [3.05, 3.63) is 91.3 Å². The van der Waals surface area contributed by atoms with Gasteiger partial charge in [0.05, 0.1) is 17.1 Å². The van der Waals surface area contributed by atoms with Gasteiger partial charge >= 0.3 is 0 Å². The Bertz CT molecular complexity index is 1120. The van der Waals surface area contributed by atoms with Gasteiger partial charge in [-0.1, -0.05) is 30.5 Å². The number of carbonyl (C=O) groups is 1. The summed E-state index contributed by atoms with van der Waals surface area (Å²) in [5.41, 5.74) is 8.10. The molecule has 0 unspecified atom stereocenters. The smallest absolute Gasteiger partial charge is 0.237 e. The molecule has 5 nitrogen and oxygen atoms in total. The Morgan fingerprint density at radius 2 is 2.00 bits per heavy atom. The third kappa shape index (κ3) is 5.16. The molecule has 0 radical (unpaired) electrons. The van der Waals surface area contributed by atoms with Crippen molar-refractivity contribution in [2.24, 2.45) is 5.73 Å². The van der Waals surface area contributed by atoms with Crippen molar-refractivity contribution in [3.63, 3.8) is 0 Å². The second-order valence-electron chi connectivity index (χ2n) is 6.47. The van der Waals surface area contributed by atoms with Crippen LogP contribution in [0.15, 0.2) is 79.1 Å². The Morgan fingerprint density at radius 1 is 1.19 bits per heavy atom. The summed E-state index contributed by atoms with van der Waals surface area (Å²) in [6.07, 6.45) is 4.78.